The summed E-state index contributed by atoms with van der Waals surface area (Å²) in [6.45, 7) is 4.23. The van der Waals surface area contributed by atoms with Gasteiger partial charge in [-0.05, 0) is 61.4 Å². The first-order valence-corrected chi connectivity index (χ1v) is 12.8. The highest BCUT2D eigenvalue weighted by molar-refractivity contribution is 6.37. The average Bonchev–Trinajstić information content (AvgIpc) is 3.63. The number of nitrogens with zero attached hydrogens (tertiary/aromatic N) is 4. The number of aromatic nitrogens is 3. The summed E-state index contributed by atoms with van der Waals surface area (Å²) in [7, 11) is 0. The topological polar surface area (TPSA) is 80.5 Å². The number of hydrogen-bond acceptors (Lipinski definition) is 5. The van der Waals surface area contributed by atoms with Crippen molar-refractivity contribution in [3.8, 4) is 5.69 Å². The van der Waals surface area contributed by atoms with Gasteiger partial charge in [-0.15, -0.1) is 0 Å². The van der Waals surface area contributed by atoms with E-state index in [-0.39, 0.29) is 11.7 Å². The normalized spacial score (nSPS) is 20.3. The molecule has 3 heterocycles. The Morgan fingerprint density at radius 3 is 2.54 bits per heavy atom. The molecule has 9 heteroatoms. The van der Waals surface area contributed by atoms with E-state index in [1.807, 2.05) is 29.1 Å². The molecule has 2 aliphatic rings. The van der Waals surface area contributed by atoms with Gasteiger partial charge >= 0.3 is 5.97 Å². The van der Waals surface area contributed by atoms with E-state index >= 15 is 0 Å². The zero-order valence-corrected chi connectivity index (χ0v) is 21.0. The molecule has 2 atom stereocenters. The summed E-state index contributed by atoms with van der Waals surface area (Å²) in [6.07, 6.45) is 7.62. The van der Waals surface area contributed by atoms with Crippen LogP contribution in [0.5, 0.6) is 0 Å². The third kappa shape index (κ3) is 5.03. The number of hydrogen-bond donors (Lipinski definition) is 1. The zero-order chi connectivity index (χ0) is 24.5. The van der Waals surface area contributed by atoms with Crippen LogP contribution in [0, 0.1) is 5.92 Å². The number of halogens is 2. The van der Waals surface area contributed by atoms with E-state index in [0.717, 1.165) is 37.4 Å². The van der Waals surface area contributed by atoms with Gasteiger partial charge in [0, 0.05) is 25.2 Å². The van der Waals surface area contributed by atoms with Crippen molar-refractivity contribution in [2.24, 2.45) is 5.92 Å². The van der Waals surface area contributed by atoms with Crippen LogP contribution in [-0.2, 0) is 11.3 Å². The van der Waals surface area contributed by atoms with E-state index in [9.17, 15) is 4.79 Å². The van der Waals surface area contributed by atoms with Crippen LogP contribution in [0.4, 0.5) is 5.82 Å². The third-order valence-corrected chi connectivity index (χ3v) is 7.62. The second-order valence-corrected chi connectivity index (χ2v) is 10.1. The Balaban J connectivity index is 1.32. The molecule has 1 N–H and O–H groups in total. The van der Waals surface area contributed by atoms with Crippen LogP contribution in [0.25, 0.3) is 5.69 Å². The molecule has 184 valence electrons. The fraction of sp³-hybridized carbons (Fsp3) is 0.423. The summed E-state index contributed by atoms with van der Waals surface area (Å²) in [5, 5.41) is 14.9. The molecule has 7 nitrogen and oxygen atoms in total. The first-order valence-electron chi connectivity index (χ1n) is 12.0. The van der Waals surface area contributed by atoms with Crippen LogP contribution in [0.15, 0.2) is 42.7 Å². The molecule has 2 aromatic heterocycles. The van der Waals surface area contributed by atoms with Crippen LogP contribution in [0.1, 0.15) is 60.1 Å². The number of carbonyl (C=O) groups is 1. The lowest BCUT2D eigenvalue weighted by Crippen LogP contribution is -2.44. The summed E-state index contributed by atoms with van der Waals surface area (Å²) in [5.41, 5.74) is 3.12. The van der Waals surface area contributed by atoms with Crippen molar-refractivity contribution in [1.29, 1.82) is 0 Å². The van der Waals surface area contributed by atoms with Crippen molar-refractivity contribution in [3.05, 3.63) is 69.6 Å². The van der Waals surface area contributed by atoms with E-state index in [2.05, 4.69) is 21.9 Å². The minimum Gasteiger partial charge on any atom is -0.478 e. The molecule has 2 unspecified atom stereocenters. The summed E-state index contributed by atoms with van der Waals surface area (Å²) in [6, 6.07) is 8.87. The lowest BCUT2D eigenvalue weighted by atomic mass is 9.92. The number of carboxylic acid groups (broad SMARTS) is 1. The smallest absolute Gasteiger partial charge is 0.337 e. The second-order valence-electron chi connectivity index (χ2n) is 9.27. The van der Waals surface area contributed by atoms with Gasteiger partial charge in [0.15, 0.2) is 0 Å². The lowest BCUT2D eigenvalue weighted by Gasteiger charge is -2.38. The van der Waals surface area contributed by atoms with Crippen molar-refractivity contribution >= 4 is 35.0 Å². The number of anilines is 1. The van der Waals surface area contributed by atoms with Gasteiger partial charge in [0.05, 0.1) is 40.2 Å². The molecule has 1 aromatic carbocycles. The van der Waals surface area contributed by atoms with Crippen LogP contribution < -0.4 is 4.90 Å². The SMILES string of the molecule is CCC1CN(c2ccc(C(=O)O)cn2)CCC1OCc1c(C2CC2)cnn1-c1c(Cl)cccc1Cl. The average molecular weight is 515 g/mol. The zero-order valence-electron chi connectivity index (χ0n) is 19.5. The third-order valence-electron chi connectivity index (χ3n) is 7.01. The molecular formula is C26H28Cl2N4O3. The molecule has 35 heavy (non-hydrogen) atoms. The molecule has 0 radical (unpaired) electrons. The van der Waals surface area contributed by atoms with Crippen LogP contribution in [-0.4, -0.2) is 45.0 Å². The van der Waals surface area contributed by atoms with Crippen molar-refractivity contribution in [3.63, 3.8) is 0 Å². The molecule has 1 aliphatic heterocycles. The Kier molecular flexibility index (Phi) is 7.00. The standard InChI is InChI=1S/C26H28Cl2N4O3/c1-2-16-14-31(24-9-8-18(12-29-24)26(33)34)11-10-23(16)35-15-22-19(17-6-7-17)13-30-32(22)25-20(27)4-3-5-21(25)28/h3-5,8-9,12-13,16-17,23H,2,6-7,10-11,14-15H2,1H3,(H,33,34). The van der Waals surface area contributed by atoms with Crippen molar-refractivity contribution in [1.82, 2.24) is 14.8 Å². The number of aromatic carboxylic acids is 1. The highest BCUT2D eigenvalue weighted by atomic mass is 35.5. The first kappa shape index (κ1) is 24.1. The molecule has 2 fully saturated rings. The highest BCUT2D eigenvalue weighted by Gasteiger charge is 2.33. The first-order chi connectivity index (χ1) is 17.0. The number of piperidine rings is 1. The summed E-state index contributed by atoms with van der Waals surface area (Å²) < 4.78 is 8.40. The number of para-hydroxylation sites is 1. The van der Waals surface area contributed by atoms with E-state index in [1.165, 1.54) is 24.6 Å². The van der Waals surface area contributed by atoms with Crippen LogP contribution in [0.3, 0.4) is 0 Å². The Hall–Kier alpha value is -2.61. The predicted molar refractivity (Wildman–Crippen MR) is 136 cm³/mol. The molecule has 5 rings (SSSR count). The Morgan fingerprint density at radius 2 is 1.91 bits per heavy atom. The van der Waals surface area contributed by atoms with Crippen LogP contribution >= 0.6 is 23.2 Å². The van der Waals surface area contributed by atoms with Crippen molar-refractivity contribution in [2.45, 2.75) is 51.2 Å². The Morgan fingerprint density at radius 1 is 1.14 bits per heavy atom. The molecule has 0 spiro atoms. The van der Waals surface area contributed by atoms with Gasteiger partial charge in [-0.2, -0.15) is 5.10 Å². The van der Waals surface area contributed by atoms with Gasteiger partial charge in [-0.1, -0.05) is 36.2 Å². The predicted octanol–water partition coefficient (Wildman–Crippen LogP) is 5.97. The van der Waals surface area contributed by atoms with Gasteiger partial charge in [0.2, 0.25) is 0 Å². The van der Waals surface area contributed by atoms with E-state index < -0.39 is 5.97 Å². The van der Waals surface area contributed by atoms with E-state index in [4.69, 9.17) is 33.0 Å². The molecule has 0 bridgehead atoms. The van der Waals surface area contributed by atoms with Gasteiger partial charge in [-0.3, -0.25) is 0 Å². The minimum atomic E-state index is -0.967. The molecule has 0 amide bonds. The number of rotatable bonds is 8. The quantitative estimate of drug-likeness (QED) is 0.398. The van der Waals surface area contributed by atoms with E-state index in [1.54, 1.807) is 12.1 Å². The molecule has 1 aliphatic carbocycles. The number of benzene rings is 1. The van der Waals surface area contributed by atoms with Crippen molar-refractivity contribution < 1.29 is 14.6 Å². The minimum absolute atomic E-state index is 0.103. The van der Waals surface area contributed by atoms with Gasteiger partial charge < -0.3 is 14.7 Å². The number of carboxylic acids is 1. The van der Waals surface area contributed by atoms with Crippen molar-refractivity contribution in [2.75, 3.05) is 18.0 Å². The van der Waals surface area contributed by atoms with E-state index in [0.29, 0.717) is 34.2 Å². The van der Waals surface area contributed by atoms with Crippen LogP contribution in [0.2, 0.25) is 10.0 Å². The monoisotopic (exact) mass is 514 g/mol. The fourth-order valence-corrected chi connectivity index (χ4v) is 5.42. The lowest BCUT2D eigenvalue weighted by molar-refractivity contribution is -0.0138. The Labute approximate surface area is 214 Å². The second kappa shape index (κ2) is 10.2. The Bertz CT molecular complexity index is 1190. The maximum atomic E-state index is 11.1. The summed E-state index contributed by atoms with van der Waals surface area (Å²) >= 11 is 13.0. The molecule has 1 saturated heterocycles. The maximum Gasteiger partial charge on any atom is 0.337 e. The number of ether oxygens (including phenoxy) is 1. The molecule has 3 aromatic rings. The number of pyridine rings is 1. The summed E-state index contributed by atoms with van der Waals surface area (Å²) in [4.78, 5) is 17.7. The van der Waals surface area contributed by atoms with Gasteiger partial charge in [0.25, 0.3) is 0 Å². The highest BCUT2D eigenvalue weighted by Crippen LogP contribution is 2.43. The fourth-order valence-electron chi connectivity index (χ4n) is 4.87. The maximum absolute atomic E-state index is 11.1. The van der Waals surface area contributed by atoms with Gasteiger partial charge in [0.1, 0.15) is 11.5 Å². The summed E-state index contributed by atoms with van der Waals surface area (Å²) in [5.74, 6) is 0.682. The molecule has 1 saturated carbocycles. The largest absolute Gasteiger partial charge is 0.478 e. The van der Waals surface area contributed by atoms with Gasteiger partial charge in [-0.25, -0.2) is 14.5 Å². The molecular weight excluding hydrogens is 487 g/mol.